The van der Waals surface area contributed by atoms with E-state index in [9.17, 15) is 9.59 Å². The number of rotatable bonds is 6. The third-order valence-electron chi connectivity index (χ3n) is 3.58. The third kappa shape index (κ3) is 4.63. The molecule has 0 aliphatic rings. The van der Waals surface area contributed by atoms with Gasteiger partial charge in [-0.05, 0) is 48.5 Å². The van der Waals surface area contributed by atoms with E-state index in [4.69, 9.17) is 15.0 Å². The summed E-state index contributed by atoms with van der Waals surface area (Å²) in [7, 11) is 1.33. The predicted octanol–water partition coefficient (Wildman–Crippen LogP) is 3.52. The van der Waals surface area contributed by atoms with Crippen LogP contribution in [0.15, 0.2) is 59.1 Å². The zero-order valence-electron chi connectivity index (χ0n) is 14.4. The largest absolute Gasteiger partial charge is 0.465 e. The van der Waals surface area contributed by atoms with Crippen molar-refractivity contribution >= 4 is 12.1 Å². The molecule has 0 saturated carbocycles. The summed E-state index contributed by atoms with van der Waals surface area (Å²) in [5.41, 5.74) is 6.75. The summed E-state index contributed by atoms with van der Waals surface area (Å²) in [6.45, 7) is -0.0783. The number of esters is 1. The van der Waals surface area contributed by atoms with Crippen LogP contribution in [-0.2, 0) is 16.1 Å². The van der Waals surface area contributed by atoms with Crippen LogP contribution in [0, 0.1) is 0 Å². The van der Waals surface area contributed by atoms with Gasteiger partial charge in [-0.1, -0.05) is 5.16 Å². The van der Waals surface area contributed by atoms with Gasteiger partial charge in [0, 0.05) is 11.6 Å². The van der Waals surface area contributed by atoms with Crippen LogP contribution in [-0.4, -0.2) is 24.3 Å². The lowest BCUT2D eigenvalue weighted by Gasteiger charge is -2.07. The van der Waals surface area contributed by atoms with Crippen LogP contribution >= 0.6 is 0 Å². The second kappa shape index (κ2) is 8.05. The quantitative estimate of drug-likeness (QED) is 0.662. The number of amides is 1. The Bertz CT molecular complexity index is 932. The minimum Gasteiger partial charge on any atom is -0.465 e. The Morgan fingerprint density at radius 2 is 1.67 bits per heavy atom. The molecule has 0 bridgehead atoms. The Morgan fingerprint density at radius 1 is 1.04 bits per heavy atom. The fourth-order valence-electron chi connectivity index (χ4n) is 2.27. The van der Waals surface area contributed by atoms with Crippen molar-refractivity contribution in [3.05, 3.63) is 65.9 Å². The molecule has 1 heterocycles. The SMILES string of the molecule is COC(=O)c1ccc(Oc2ccc(-c3cc(COC(N)=O)on3)cc2)cc1. The van der Waals surface area contributed by atoms with Crippen molar-refractivity contribution in [2.75, 3.05) is 7.11 Å². The van der Waals surface area contributed by atoms with Crippen LogP contribution in [0.2, 0.25) is 0 Å². The standard InChI is InChI=1S/C19H16N2O6/c1-24-18(22)13-4-8-15(9-5-13)26-14-6-2-12(3-7-14)17-10-16(27-21-17)11-25-19(20)23/h2-10H,11H2,1H3,(H2,20,23). The molecule has 3 aromatic rings. The number of methoxy groups -OCH3 is 1. The van der Waals surface area contributed by atoms with Gasteiger partial charge in [-0.2, -0.15) is 0 Å². The molecule has 2 N–H and O–H groups in total. The number of aromatic nitrogens is 1. The van der Waals surface area contributed by atoms with Crippen molar-refractivity contribution in [1.29, 1.82) is 0 Å². The first kappa shape index (κ1) is 18.0. The van der Waals surface area contributed by atoms with Crippen molar-refractivity contribution in [3.63, 3.8) is 0 Å². The van der Waals surface area contributed by atoms with Crippen LogP contribution in [0.5, 0.6) is 11.5 Å². The number of carbonyl (C=O) groups is 2. The van der Waals surface area contributed by atoms with Crippen molar-refractivity contribution in [3.8, 4) is 22.8 Å². The smallest absolute Gasteiger partial charge is 0.404 e. The predicted molar refractivity (Wildman–Crippen MR) is 94.2 cm³/mol. The molecule has 8 nitrogen and oxygen atoms in total. The molecule has 1 aromatic heterocycles. The Balaban J connectivity index is 1.65. The van der Waals surface area contributed by atoms with Gasteiger partial charge in [-0.25, -0.2) is 9.59 Å². The van der Waals surface area contributed by atoms with Gasteiger partial charge in [0.05, 0.1) is 12.7 Å². The maximum absolute atomic E-state index is 11.4. The van der Waals surface area contributed by atoms with E-state index in [0.29, 0.717) is 28.5 Å². The summed E-state index contributed by atoms with van der Waals surface area (Å²) in [5.74, 6) is 1.18. The average Bonchev–Trinajstić information content (AvgIpc) is 3.16. The van der Waals surface area contributed by atoms with Gasteiger partial charge < -0.3 is 24.5 Å². The summed E-state index contributed by atoms with van der Waals surface area (Å²) in [6, 6.07) is 15.5. The molecule has 27 heavy (non-hydrogen) atoms. The lowest BCUT2D eigenvalue weighted by molar-refractivity contribution is 0.0600. The van der Waals surface area contributed by atoms with E-state index in [-0.39, 0.29) is 6.61 Å². The molecule has 0 radical (unpaired) electrons. The van der Waals surface area contributed by atoms with E-state index < -0.39 is 12.1 Å². The van der Waals surface area contributed by atoms with E-state index >= 15 is 0 Å². The van der Waals surface area contributed by atoms with Crippen molar-refractivity contribution in [2.45, 2.75) is 6.61 Å². The van der Waals surface area contributed by atoms with Crippen LogP contribution in [0.4, 0.5) is 4.79 Å². The monoisotopic (exact) mass is 368 g/mol. The minimum atomic E-state index is -0.880. The average molecular weight is 368 g/mol. The number of carbonyl (C=O) groups excluding carboxylic acids is 2. The number of hydrogen-bond acceptors (Lipinski definition) is 7. The molecule has 2 aromatic carbocycles. The Labute approximate surface area is 154 Å². The summed E-state index contributed by atoms with van der Waals surface area (Å²) < 4.78 is 20.1. The number of primary amides is 1. The van der Waals surface area contributed by atoms with Crippen LogP contribution in [0.25, 0.3) is 11.3 Å². The van der Waals surface area contributed by atoms with E-state index in [1.807, 2.05) is 12.1 Å². The normalized spacial score (nSPS) is 10.3. The molecule has 0 unspecified atom stereocenters. The highest BCUT2D eigenvalue weighted by atomic mass is 16.6. The van der Waals surface area contributed by atoms with Crippen LogP contribution in [0.1, 0.15) is 16.1 Å². The highest BCUT2D eigenvalue weighted by Gasteiger charge is 2.09. The van der Waals surface area contributed by atoms with Gasteiger partial charge in [-0.3, -0.25) is 0 Å². The number of benzene rings is 2. The molecule has 0 fully saturated rings. The van der Waals surface area contributed by atoms with Gasteiger partial charge in [0.25, 0.3) is 0 Å². The Hall–Kier alpha value is -3.81. The summed E-state index contributed by atoms with van der Waals surface area (Å²) in [6.07, 6.45) is -0.880. The number of nitrogens with zero attached hydrogens (tertiary/aromatic N) is 1. The maximum atomic E-state index is 11.4. The summed E-state index contributed by atoms with van der Waals surface area (Å²) in [4.78, 5) is 22.0. The molecule has 0 saturated heterocycles. The van der Waals surface area contributed by atoms with Crippen LogP contribution < -0.4 is 10.5 Å². The Morgan fingerprint density at radius 3 is 2.26 bits per heavy atom. The third-order valence-corrected chi connectivity index (χ3v) is 3.58. The van der Waals surface area contributed by atoms with Crippen molar-refractivity contribution in [1.82, 2.24) is 5.16 Å². The molecule has 8 heteroatoms. The van der Waals surface area contributed by atoms with Gasteiger partial charge in [-0.15, -0.1) is 0 Å². The Kier molecular flexibility index (Phi) is 5.36. The second-order valence-electron chi connectivity index (χ2n) is 5.43. The van der Waals surface area contributed by atoms with Gasteiger partial charge in [0.15, 0.2) is 12.4 Å². The fraction of sp³-hybridized carbons (Fsp3) is 0.105. The van der Waals surface area contributed by atoms with Crippen molar-refractivity contribution < 1.29 is 28.3 Å². The first-order valence-corrected chi connectivity index (χ1v) is 7.89. The van der Waals surface area contributed by atoms with Crippen molar-refractivity contribution in [2.24, 2.45) is 5.73 Å². The van der Waals surface area contributed by atoms with E-state index in [0.717, 1.165) is 5.56 Å². The zero-order chi connectivity index (χ0) is 19.2. The molecule has 0 atom stereocenters. The maximum Gasteiger partial charge on any atom is 0.404 e. The van der Waals surface area contributed by atoms with Gasteiger partial charge >= 0.3 is 12.1 Å². The minimum absolute atomic E-state index is 0.0783. The first-order chi connectivity index (χ1) is 13.0. The first-order valence-electron chi connectivity index (χ1n) is 7.89. The molecule has 0 spiro atoms. The highest BCUT2D eigenvalue weighted by Crippen LogP contribution is 2.26. The molecule has 138 valence electrons. The molecular formula is C19H16N2O6. The molecule has 3 rings (SSSR count). The number of nitrogens with two attached hydrogens (primary N) is 1. The van der Waals surface area contributed by atoms with E-state index in [2.05, 4.69) is 14.6 Å². The molecular weight excluding hydrogens is 352 g/mol. The lowest BCUT2D eigenvalue weighted by atomic mass is 10.1. The lowest BCUT2D eigenvalue weighted by Crippen LogP contribution is -2.12. The molecule has 1 amide bonds. The fourth-order valence-corrected chi connectivity index (χ4v) is 2.27. The second-order valence-corrected chi connectivity index (χ2v) is 5.43. The topological polar surface area (TPSA) is 114 Å². The molecule has 0 aliphatic carbocycles. The zero-order valence-corrected chi connectivity index (χ0v) is 14.4. The number of ether oxygens (including phenoxy) is 3. The van der Waals surface area contributed by atoms with Gasteiger partial charge in [0.1, 0.15) is 17.2 Å². The van der Waals surface area contributed by atoms with Gasteiger partial charge in [0.2, 0.25) is 0 Å². The van der Waals surface area contributed by atoms with Crippen LogP contribution in [0.3, 0.4) is 0 Å². The molecule has 0 aliphatic heterocycles. The summed E-state index contributed by atoms with van der Waals surface area (Å²) in [5, 5.41) is 3.92. The van der Waals surface area contributed by atoms with E-state index in [1.54, 1.807) is 42.5 Å². The van der Waals surface area contributed by atoms with E-state index in [1.165, 1.54) is 7.11 Å². The summed E-state index contributed by atoms with van der Waals surface area (Å²) >= 11 is 0. The number of hydrogen-bond donors (Lipinski definition) is 1. The highest BCUT2D eigenvalue weighted by molar-refractivity contribution is 5.89.